The highest BCUT2D eigenvalue weighted by Gasteiger charge is 2.30. The minimum absolute atomic E-state index is 0.0187. The normalized spacial score (nSPS) is 13.2. The first-order valence-electron chi connectivity index (χ1n) is 11.8. The minimum atomic E-state index is -1.19. The summed E-state index contributed by atoms with van der Waals surface area (Å²) < 4.78 is 0. The minimum Gasteiger partial charge on any atom is -0.480 e. The molecule has 2 amide bonds. The van der Waals surface area contributed by atoms with Gasteiger partial charge in [-0.3, -0.25) is 19.2 Å². The molecular weight excluding hydrogens is 462 g/mol. The van der Waals surface area contributed by atoms with Gasteiger partial charge in [-0.05, 0) is 37.9 Å². The van der Waals surface area contributed by atoms with Crippen molar-refractivity contribution in [2.24, 2.45) is 5.92 Å². The van der Waals surface area contributed by atoms with E-state index in [1.165, 1.54) is 6.92 Å². The Kier molecular flexibility index (Phi) is 11.5. The second-order valence-corrected chi connectivity index (χ2v) is 8.70. The number of benzene rings is 2. The maximum atomic E-state index is 13.4. The Morgan fingerprint density at radius 2 is 1.36 bits per heavy atom. The van der Waals surface area contributed by atoms with Crippen LogP contribution >= 0.6 is 0 Å². The molecule has 9 nitrogen and oxygen atoms in total. The summed E-state index contributed by atoms with van der Waals surface area (Å²) in [6.45, 7) is 1.31. The van der Waals surface area contributed by atoms with Crippen LogP contribution in [-0.4, -0.2) is 60.1 Å². The molecule has 0 heterocycles. The zero-order valence-corrected chi connectivity index (χ0v) is 20.5. The summed E-state index contributed by atoms with van der Waals surface area (Å²) in [6, 6.07) is 16.1. The molecule has 0 radical (unpaired) electrons. The lowest BCUT2D eigenvalue weighted by atomic mass is 9.89. The van der Waals surface area contributed by atoms with E-state index in [4.69, 9.17) is 0 Å². The van der Waals surface area contributed by atoms with Crippen molar-refractivity contribution in [2.75, 3.05) is 13.6 Å². The quantitative estimate of drug-likeness (QED) is 0.273. The average Bonchev–Trinajstić information content (AvgIpc) is 2.83. The number of amides is 2. The molecular formula is C27H33N3O6. The Hall–Kier alpha value is -3.85. The molecule has 4 N–H and O–H groups in total. The third-order valence-electron chi connectivity index (χ3n) is 5.58. The fraction of sp³-hybridized carbons (Fsp3) is 0.370. The fourth-order valence-electron chi connectivity index (χ4n) is 3.80. The number of carbonyl (C=O) groups excluding carboxylic acids is 4. The smallest absolute Gasteiger partial charge is 0.327 e. The highest BCUT2D eigenvalue weighted by atomic mass is 16.4. The number of carboxylic acids is 1. The number of likely N-dealkylation sites (N-methyl/N-ethyl adjacent to an activating group) is 1. The standard InChI is InChI=1S/C27H33N3O6/c1-18(31)13-25(33)29-22(15-20-11-7-4-8-12-20)24(32)16-21(14-19-9-5-3-6-10-19)26(34)30-23(17-28-2)27(35)36/h3-12,21-23,28H,13-17H2,1-2H3,(H,29,33)(H,30,34)(H,35,36)/t21-,22+,23+/m1/s1. The van der Waals surface area contributed by atoms with Gasteiger partial charge in [0.15, 0.2) is 5.78 Å². The first kappa shape index (κ1) is 28.4. The zero-order valence-electron chi connectivity index (χ0n) is 20.5. The van der Waals surface area contributed by atoms with Crippen molar-refractivity contribution < 1.29 is 29.1 Å². The second-order valence-electron chi connectivity index (χ2n) is 8.70. The molecule has 9 heteroatoms. The molecule has 0 aliphatic carbocycles. The van der Waals surface area contributed by atoms with Crippen LogP contribution in [0.1, 0.15) is 30.9 Å². The number of ketones is 2. The molecule has 0 spiro atoms. The van der Waals surface area contributed by atoms with Crippen molar-refractivity contribution in [1.29, 1.82) is 0 Å². The molecule has 0 aliphatic heterocycles. The summed E-state index contributed by atoms with van der Waals surface area (Å²) in [5, 5.41) is 17.3. The Morgan fingerprint density at radius 1 is 0.806 bits per heavy atom. The Bertz CT molecular complexity index is 1040. The Labute approximate surface area is 210 Å². The monoisotopic (exact) mass is 495 g/mol. The lowest BCUT2D eigenvalue weighted by Crippen LogP contribution is -2.50. The molecule has 0 aliphatic rings. The van der Waals surface area contributed by atoms with Gasteiger partial charge in [0.1, 0.15) is 11.8 Å². The zero-order chi connectivity index (χ0) is 26.5. The largest absolute Gasteiger partial charge is 0.480 e. The van der Waals surface area contributed by atoms with Crippen molar-refractivity contribution in [3.8, 4) is 0 Å². The van der Waals surface area contributed by atoms with E-state index < -0.39 is 35.8 Å². The van der Waals surface area contributed by atoms with Crippen LogP contribution in [0, 0.1) is 5.92 Å². The maximum absolute atomic E-state index is 13.4. The van der Waals surface area contributed by atoms with Gasteiger partial charge < -0.3 is 21.1 Å². The van der Waals surface area contributed by atoms with Gasteiger partial charge in [-0.2, -0.15) is 0 Å². The molecule has 2 aromatic carbocycles. The number of rotatable bonds is 15. The summed E-state index contributed by atoms with van der Waals surface area (Å²) in [4.78, 5) is 61.8. The van der Waals surface area contributed by atoms with Crippen LogP contribution in [0.5, 0.6) is 0 Å². The molecule has 0 saturated carbocycles. The number of hydrogen-bond acceptors (Lipinski definition) is 6. The second kappa shape index (κ2) is 14.5. The first-order chi connectivity index (χ1) is 17.2. The van der Waals surface area contributed by atoms with Crippen molar-refractivity contribution in [1.82, 2.24) is 16.0 Å². The van der Waals surface area contributed by atoms with Crippen molar-refractivity contribution in [3.05, 3.63) is 71.8 Å². The molecule has 0 saturated heterocycles. The predicted molar refractivity (Wildman–Crippen MR) is 134 cm³/mol. The molecule has 192 valence electrons. The van der Waals surface area contributed by atoms with Gasteiger partial charge in [0.25, 0.3) is 0 Å². The highest BCUT2D eigenvalue weighted by molar-refractivity contribution is 5.99. The Morgan fingerprint density at radius 3 is 1.86 bits per heavy atom. The van der Waals surface area contributed by atoms with Crippen LogP contribution in [-0.2, 0) is 36.8 Å². The number of Topliss-reactive ketones (excluding diaryl/α,β-unsaturated/α-hetero) is 2. The van der Waals surface area contributed by atoms with Crippen LogP contribution in [0.25, 0.3) is 0 Å². The molecule has 0 fully saturated rings. The molecule has 36 heavy (non-hydrogen) atoms. The molecule has 2 rings (SSSR count). The number of hydrogen-bond donors (Lipinski definition) is 4. The van der Waals surface area contributed by atoms with E-state index in [0.717, 1.165) is 11.1 Å². The number of nitrogens with one attached hydrogen (secondary N) is 3. The SMILES string of the molecule is CNC[C@H](NC(=O)[C@@H](CC(=O)[C@H](Cc1ccccc1)NC(=O)CC(C)=O)Cc1ccccc1)C(=O)O. The molecule has 0 aromatic heterocycles. The van der Waals surface area contributed by atoms with Crippen molar-refractivity contribution in [3.63, 3.8) is 0 Å². The van der Waals surface area contributed by atoms with Crippen molar-refractivity contribution >= 4 is 29.4 Å². The van der Waals surface area contributed by atoms with Gasteiger partial charge in [0, 0.05) is 18.9 Å². The van der Waals surface area contributed by atoms with Gasteiger partial charge in [0.05, 0.1) is 12.5 Å². The first-order valence-corrected chi connectivity index (χ1v) is 11.8. The molecule has 0 unspecified atom stereocenters. The van der Waals surface area contributed by atoms with E-state index >= 15 is 0 Å². The van der Waals surface area contributed by atoms with Crippen LogP contribution in [0.2, 0.25) is 0 Å². The van der Waals surface area contributed by atoms with Crippen molar-refractivity contribution in [2.45, 2.75) is 44.7 Å². The summed E-state index contributed by atoms with van der Waals surface area (Å²) in [7, 11) is 1.57. The molecule has 0 bridgehead atoms. The Balaban J connectivity index is 2.26. The summed E-state index contributed by atoms with van der Waals surface area (Å²) in [5.41, 5.74) is 1.62. The van der Waals surface area contributed by atoms with Gasteiger partial charge in [-0.1, -0.05) is 60.7 Å². The molecule has 3 atom stereocenters. The lowest BCUT2D eigenvalue weighted by Gasteiger charge is -2.23. The summed E-state index contributed by atoms with van der Waals surface area (Å²) >= 11 is 0. The summed E-state index contributed by atoms with van der Waals surface area (Å²) in [5.74, 6) is -3.90. The fourth-order valence-corrected chi connectivity index (χ4v) is 3.80. The van der Waals surface area contributed by atoms with E-state index in [9.17, 15) is 29.1 Å². The third kappa shape index (κ3) is 9.79. The maximum Gasteiger partial charge on any atom is 0.327 e. The number of carbonyl (C=O) groups is 5. The van der Waals surface area contributed by atoms with Crippen LogP contribution in [0.3, 0.4) is 0 Å². The third-order valence-corrected chi connectivity index (χ3v) is 5.58. The lowest BCUT2D eigenvalue weighted by molar-refractivity contribution is -0.142. The van der Waals surface area contributed by atoms with E-state index in [1.54, 1.807) is 7.05 Å². The van der Waals surface area contributed by atoms with E-state index in [-0.39, 0.29) is 43.8 Å². The topological polar surface area (TPSA) is 142 Å². The van der Waals surface area contributed by atoms with Gasteiger partial charge in [-0.15, -0.1) is 0 Å². The van der Waals surface area contributed by atoms with Crippen LogP contribution in [0.15, 0.2) is 60.7 Å². The van der Waals surface area contributed by atoms with Crippen LogP contribution in [0.4, 0.5) is 0 Å². The van der Waals surface area contributed by atoms with E-state index in [0.29, 0.717) is 0 Å². The predicted octanol–water partition coefficient (Wildman–Crippen LogP) is 1.30. The van der Waals surface area contributed by atoms with Gasteiger partial charge >= 0.3 is 5.97 Å². The molecule has 2 aromatic rings. The van der Waals surface area contributed by atoms with E-state index in [1.807, 2.05) is 60.7 Å². The highest BCUT2D eigenvalue weighted by Crippen LogP contribution is 2.17. The van der Waals surface area contributed by atoms with Gasteiger partial charge in [-0.25, -0.2) is 4.79 Å². The van der Waals surface area contributed by atoms with E-state index in [2.05, 4.69) is 16.0 Å². The summed E-state index contributed by atoms with van der Waals surface area (Å²) in [6.07, 6.45) is -0.161. The average molecular weight is 496 g/mol. The van der Waals surface area contributed by atoms with Gasteiger partial charge in [0.2, 0.25) is 11.8 Å². The van der Waals surface area contributed by atoms with Crippen LogP contribution < -0.4 is 16.0 Å². The number of carboxylic acid groups (broad SMARTS) is 1. The number of aliphatic carboxylic acids is 1.